The van der Waals surface area contributed by atoms with E-state index in [1.54, 1.807) is 0 Å². The van der Waals surface area contributed by atoms with Crippen molar-refractivity contribution in [2.24, 2.45) is 5.92 Å². The maximum absolute atomic E-state index is 11.9. The van der Waals surface area contributed by atoms with Gasteiger partial charge < -0.3 is 15.7 Å². The highest BCUT2D eigenvalue weighted by Crippen LogP contribution is 2.33. The zero-order valence-corrected chi connectivity index (χ0v) is 15.0. The van der Waals surface area contributed by atoms with Gasteiger partial charge in [0.2, 0.25) is 0 Å². The minimum atomic E-state index is -0.205. The Kier molecular flexibility index (Phi) is 7.23. The number of carbonyl (C=O) groups is 1. The first-order chi connectivity index (χ1) is 10.2. The monoisotopic (exact) mass is 324 g/mol. The van der Waals surface area contributed by atoms with E-state index in [1.165, 1.54) is 4.90 Å². The van der Waals surface area contributed by atoms with Gasteiger partial charge in [0.05, 0.1) is 0 Å². The summed E-state index contributed by atoms with van der Waals surface area (Å²) in [5, 5.41) is 14.6. The van der Waals surface area contributed by atoms with Crippen LogP contribution < -0.4 is 10.6 Å². The van der Waals surface area contributed by atoms with Crippen LogP contribution in [0.2, 0.25) is 0 Å². The molecular weight excluding hydrogens is 296 g/mol. The van der Waals surface area contributed by atoms with Crippen LogP contribution >= 0.6 is 11.8 Å². The van der Waals surface area contributed by atoms with E-state index in [0.717, 1.165) is 11.3 Å². The van der Waals surface area contributed by atoms with Gasteiger partial charge in [-0.2, -0.15) is 0 Å². The van der Waals surface area contributed by atoms with Gasteiger partial charge >= 0.3 is 6.03 Å². The molecule has 1 aromatic rings. The summed E-state index contributed by atoms with van der Waals surface area (Å²) >= 11 is 1.81. The third kappa shape index (κ3) is 7.18. The third-order valence-corrected chi connectivity index (χ3v) is 4.21. The Balaban J connectivity index is 2.57. The fourth-order valence-corrected chi connectivity index (χ4v) is 3.03. The average Bonchev–Trinajstić information content (AvgIpc) is 2.38. The quantitative estimate of drug-likeness (QED) is 0.692. The van der Waals surface area contributed by atoms with Crippen LogP contribution in [-0.2, 0) is 0 Å². The van der Waals surface area contributed by atoms with Gasteiger partial charge in [-0.15, -0.1) is 11.8 Å². The number of anilines is 1. The highest BCUT2D eigenvalue weighted by atomic mass is 32.2. The summed E-state index contributed by atoms with van der Waals surface area (Å²) < 4.78 is 0.168. The molecule has 2 amide bonds. The molecule has 1 rings (SSSR count). The van der Waals surface area contributed by atoms with Gasteiger partial charge in [0.25, 0.3) is 0 Å². The molecule has 0 heterocycles. The summed E-state index contributed by atoms with van der Waals surface area (Å²) in [6, 6.07) is 5.87. The Morgan fingerprint density at radius 2 is 2.05 bits per heavy atom. The van der Waals surface area contributed by atoms with Crippen molar-refractivity contribution in [1.82, 2.24) is 5.32 Å². The molecule has 5 heteroatoms. The lowest BCUT2D eigenvalue weighted by molar-refractivity contribution is 0.243. The highest BCUT2D eigenvalue weighted by Gasteiger charge is 2.13. The average molecular weight is 324 g/mol. The summed E-state index contributed by atoms with van der Waals surface area (Å²) in [5.41, 5.74) is 1.87. The third-order valence-electron chi connectivity index (χ3n) is 3.10. The van der Waals surface area contributed by atoms with E-state index in [9.17, 15) is 4.79 Å². The van der Waals surface area contributed by atoms with Crippen LogP contribution in [0.15, 0.2) is 23.1 Å². The second-order valence-electron chi connectivity index (χ2n) is 6.64. The minimum absolute atomic E-state index is 0.149. The molecule has 0 bridgehead atoms. The van der Waals surface area contributed by atoms with E-state index >= 15 is 0 Å². The molecule has 3 N–H and O–H groups in total. The summed E-state index contributed by atoms with van der Waals surface area (Å²) in [6.45, 7) is 11.2. The van der Waals surface area contributed by atoms with E-state index < -0.39 is 0 Å². The highest BCUT2D eigenvalue weighted by molar-refractivity contribution is 8.00. The van der Waals surface area contributed by atoms with Gasteiger partial charge in [-0.05, 0) is 43.0 Å². The molecule has 0 aliphatic rings. The molecular formula is C17H28N2O2S. The number of nitrogens with one attached hydrogen (secondary N) is 2. The Morgan fingerprint density at radius 1 is 1.36 bits per heavy atom. The Labute approximate surface area is 138 Å². The SMILES string of the molecule is Cc1cc(SC(C)(C)C)ccc1NC(=O)NCC(C)CCO. The number of thioether (sulfide) groups is 1. The first-order valence-electron chi connectivity index (χ1n) is 7.66. The first kappa shape index (κ1) is 18.8. The summed E-state index contributed by atoms with van der Waals surface area (Å²) in [4.78, 5) is 13.1. The smallest absolute Gasteiger partial charge is 0.319 e. The van der Waals surface area contributed by atoms with Crippen molar-refractivity contribution in [2.45, 2.75) is 50.7 Å². The number of urea groups is 1. The number of hydrogen-bond acceptors (Lipinski definition) is 3. The second-order valence-corrected chi connectivity index (χ2v) is 8.54. The van der Waals surface area contributed by atoms with Crippen LogP contribution in [0.3, 0.4) is 0 Å². The Hall–Kier alpha value is -1.20. The maximum Gasteiger partial charge on any atom is 0.319 e. The number of amides is 2. The molecule has 4 nitrogen and oxygen atoms in total. The van der Waals surface area contributed by atoms with Gasteiger partial charge in [-0.1, -0.05) is 27.7 Å². The normalized spacial score (nSPS) is 12.8. The van der Waals surface area contributed by atoms with E-state index in [0.29, 0.717) is 13.0 Å². The first-order valence-corrected chi connectivity index (χ1v) is 8.48. The van der Waals surface area contributed by atoms with Crippen molar-refractivity contribution in [3.63, 3.8) is 0 Å². The molecule has 1 unspecified atom stereocenters. The van der Waals surface area contributed by atoms with Crippen molar-refractivity contribution in [3.8, 4) is 0 Å². The fraction of sp³-hybridized carbons (Fsp3) is 0.588. The number of aliphatic hydroxyl groups is 1. The van der Waals surface area contributed by atoms with Gasteiger partial charge in [0, 0.05) is 28.5 Å². The van der Waals surface area contributed by atoms with Crippen molar-refractivity contribution in [2.75, 3.05) is 18.5 Å². The molecule has 0 saturated heterocycles. The number of benzene rings is 1. The number of carbonyl (C=O) groups excluding carboxylic acids is 1. The van der Waals surface area contributed by atoms with Crippen LogP contribution in [0.5, 0.6) is 0 Å². The molecule has 0 aliphatic heterocycles. The lowest BCUT2D eigenvalue weighted by Gasteiger charge is -2.19. The topological polar surface area (TPSA) is 61.4 Å². The summed E-state index contributed by atoms with van der Waals surface area (Å²) in [7, 11) is 0. The molecule has 124 valence electrons. The zero-order chi connectivity index (χ0) is 16.8. The van der Waals surface area contributed by atoms with E-state index in [-0.39, 0.29) is 23.3 Å². The number of rotatable bonds is 6. The molecule has 0 spiro atoms. The second kappa shape index (κ2) is 8.44. The number of hydrogen-bond donors (Lipinski definition) is 3. The lowest BCUT2D eigenvalue weighted by Crippen LogP contribution is -2.32. The molecule has 1 atom stereocenters. The van der Waals surface area contributed by atoms with Gasteiger partial charge in [-0.25, -0.2) is 4.79 Å². The van der Waals surface area contributed by atoms with Crippen molar-refractivity contribution >= 4 is 23.5 Å². The predicted octanol–water partition coefficient (Wildman–Crippen LogP) is 4.03. The molecule has 0 aliphatic carbocycles. The van der Waals surface area contributed by atoms with Crippen LogP contribution in [-0.4, -0.2) is 29.0 Å². The fourth-order valence-electron chi connectivity index (χ4n) is 1.95. The minimum Gasteiger partial charge on any atom is -0.396 e. The van der Waals surface area contributed by atoms with Gasteiger partial charge in [0.15, 0.2) is 0 Å². The molecule has 0 fully saturated rings. The number of aliphatic hydroxyl groups excluding tert-OH is 1. The molecule has 22 heavy (non-hydrogen) atoms. The van der Waals surface area contributed by atoms with Crippen LogP contribution in [0.25, 0.3) is 0 Å². The standard InChI is InChI=1S/C17H28N2O2S/c1-12(8-9-20)11-18-16(21)19-15-7-6-14(10-13(15)2)22-17(3,4)5/h6-7,10,12,20H,8-9,11H2,1-5H3,(H2,18,19,21). The van der Waals surface area contributed by atoms with Crippen molar-refractivity contribution in [3.05, 3.63) is 23.8 Å². The Morgan fingerprint density at radius 3 is 2.59 bits per heavy atom. The predicted molar refractivity (Wildman–Crippen MR) is 94.7 cm³/mol. The Bertz CT molecular complexity index is 498. The zero-order valence-electron chi connectivity index (χ0n) is 14.2. The van der Waals surface area contributed by atoms with Gasteiger partial charge in [0.1, 0.15) is 0 Å². The van der Waals surface area contributed by atoms with Crippen LogP contribution in [0.1, 0.15) is 39.7 Å². The lowest BCUT2D eigenvalue weighted by atomic mass is 10.1. The summed E-state index contributed by atoms with van der Waals surface area (Å²) in [5.74, 6) is 0.266. The maximum atomic E-state index is 11.9. The van der Waals surface area contributed by atoms with E-state index in [1.807, 2.05) is 37.7 Å². The van der Waals surface area contributed by atoms with Gasteiger partial charge in [-0.3, -0.25) is 0 Å². The van der Waals surface area contributed by atoms with Crippen molar-refractivity contribution in [1.29, 1.82) is 0 Å². The summed E-state index contributed by atoms with van der Waals surface area (Å²) in [6.07, 6.45) is 0.692. The molecule has 0 aromatic heterocycles. The van der Waals surface area contributed by atoms with E-state index in [2.05, 4.69) is 37.5 Å². The van der Waals surface area contributed by atoms with E-state index in [4.69, 9.17) is 5.11 Å². The molecule has 0 saturated carbocycles. The van der Waals surface area contributed by atoms with Crippen molar-refractivity contribution < 1.29 is 9.90 Å². The molecule has 1 aromatic carbocycles. The molecule has 0 radical (unpaired) electrons. The largest absolute Gasteiger partial charge is 0.396 e. The van der Waals surface area contributed by atoms with Crippen LogP contribution in [0, 0.1) is 12.8 Å². The van der Waals surface area contributed by atoms with Crippen LogP contribution in [0.4, 0.5) is 10.5 Å². The number of aryl methyl sites for hydroxylation is 1.